The number of aromatic nitrogens is 1. The van der Waals surface area contributed by atoms with Crippen LogP contribution in [0.25, 0.3) is 0 Å². The van der Waals surface area contributed by atoms with Crippen LogP contribution in [0.2, 0.25) is 0 Å². The number of rotatable bonds is 3. The molecule has 0 bridgehead atoms. The molecule has 1 N–H and O–H groups in total. The van der Waals surface area contributed by atoms with Crippen molar-refractivity contribution in [2.24, 2.45) is 7.05 Å². The lowest BCUT2D eigenvalue weighted by molar-refractivity contribution is 0.0951. The number of carbonyl (C=O) groups is 1. The predicted octanol–water partition coefficient (Wildman–Crippen LogP) is 1.28. The second-order valence-corrected chi connectivity index (χ2v) is 4.57. The Hall–Kier alpha value is -1.82. The predicted molar refractivity (Wildman–Crippen MR) is 64.2 cm³/mol. The summed E-state index contributed by atoms with van der Waals surface area (Å²) in [7, 11) is 1.65. The first-order valence-electron chi connectivity index (χ1n) is 5.06. The third kappa shape index (κ3) is 2.31. The highest BCUT2D eigenvalue weighted by molar-refractivity contribution is 7.11. The third-order valence-electron chi connectivity index (χ3n) is 2.50. The van der Waals surface area contributed by atoms with Crippen LogP contribution >= 0.6 is 11.3 Å². The molecule has 0 unspecified atom stereocenters. The van der Waals surface area contributed by atoms with Crippen LogP contribution in [0.4, 0.5) is 0 Å². The number of thiazole rings is 1. The van der Waals surface area contributed by atoms with Crippen LogP contribution in [0, 0.1) is 6.92 Å². The summed E-state index contributed by atoms with van der Waals surface area (Å²) in [5.41, 5.74) is 0.678. The van der Waals surface area contributed by atoms with E-state index in [1.165, 1.54) is 4.57 Å². The Kier molecular flexibility index (Phi) is 3.14. The first-order valence-corrected chi connectivity index (χ1v) is 5.88. The Morgan fingerprint density at radius 3 is 2.88 bits per heavy atom. The Balaban J connectivity index is 2.10. The molecule has 0 aliphatic carbocycles. The maximum atomic E-state index is 11.8. The first kappa shape index (κ1) is 11.7. The normalized spacial score (nSPS) is 10.5. The zero-order valence-corrected chi connectivity index (χ0v) is 10.3. The number of carbonyl (C=O) groups excluding carboxylic acids is 1. The van der Waals surface area contributed by atoms with Crippen LogP contribution in [0.15, 0.2) is 27.6 Å². The molecule has 0 radical (unpaired) electrons. The van der Waals surface area contributed by atoms with Crippen molar-refractivity contribution in [1.82, 2.24) is 9.88 Å². The zero-order chi connectivity index (χ0) is 12.4. The zero-order valence-electron chi connectivity index (χ0n) is 9.52. The number of hydrogen-bond donors (Lipinski definition) is 1. The van der Waals surface area contributed by atoms with E-state index in [0.29, 0.717) is 22.9 Å². The highest BCUT2D eigenvalue weighted by Gasteiger charge is 2.15. The van der Waals surface area contributed by atoms with Crippen LogP contribution < -0.4 is 10.2 Å². The Bertz CT molecular complexity index is 580. The van der Waals surface area contributed by atoms with Crippen LogP contribution in [-0.4, -0.2) is 10.5 Å². The Morgan fingerprint density at radius 2 is 2.35 bits per heavy atom. The second kappa shape index (κ2) is 4.58. The summed E-state index contributed by atoms with van der Waals surface area (Å²) in [6.45, 7) is 2.07. The molecule has 0 aromatic carbocycles. The summed E-state index contributed by atoms with van der Waals surface area (Å²) in [4.78, 5) is 23.5. The van der Waals surface area contributed by atoms with Gasteiger partial charge < -0.3 is 14.3 Å². The van der Waals surface area contributed by atoms with E-state index in [4.69, 9.17) is 4.42 Å². The average Bonchev–Trinajstić information content (AvgIpc) is 2.91. The number of nitrogens with one attached hydrogen (secondary N) is 1. The van der Waals surface area contributed by atoms with Gasteiger partial charge in [-0.2, -0.15) is 0 Å². The summed E-state index contributed by atoms with van der Waals surface area (Å²) in [5, 5.41) is 2.71. The van der Waals surface area contributed by atoms with Crippen LogP contribution in [0.1, 0.15) is 21.1 Å². The van der Waals surface area contributed by atoms with Gasteiger partial charge in [0.25, 0.3) is 5.91 Å². The van der Waals surface area contributed by atoms with Crippen molar-refractivity contribution in [2.45, 2.75) is 13.5 Å². The van der Waals surface area contributed by atoms with Gasteiger partial charge >= 0.3 is 4.87 Å². The van der Waals surface area contributed by atoms with Crippen molar-refractivity contribution >= 4 is 17.2 Å². The molecular weight excluding hydrogens is 240 g/mol. The van der Waals surface area contributed by atoms with Gasteiger partial charge in [0.05, 0.1) is 12.8 Å². The lowest BCUT2D eigenvalue weighted by Crippen LogP contribution is -2.22. The van der Waals surface area contributed by atoms with Crippen molar-refractivity contribution in [3.63, 3.8) is 0 Å². The largest absolute Gasteiger partial charge is 0.467 e. The van der Waals surface area contributed by atoms with Crippen molar-refractivity contribution in [3.8, 4) is 0 Å². The molecule has 0 saturated carbocycles. The van der Waals surface area contributed by atoms with Crippen LogP contribution in [0.5, 0.6) is 0 Å². The lowest BCUT2D eigenvalue weighted by Gasteiger charge is -2.02. The van der Waals surface area contributed by atoms with E-state index in [2.05, 4.69) is 5.32 Å². The fraction of sp³-hybridized carbons (Fsp3) is 0.273. The maximum Gasteiger partial charge on any atom is 0.307 e. The summed E-state index contributed by atoms with van der Waals surface area (Å²) < 4.78 is 6.57. The van der Waals surface area contributed by atoms with Gasteiger partial charge in [-0.1, -0.05) is 11.3 Å². The van der Waals surface area contributed by atoms with E-state index in [9.17, 15) is 9.59 Å². The minimum atomic E-state index is -0.249. The van der Waals surface area contributed by atoms with E-state index >= 15 is 0 Å². The minimum absolute atomic E-state index is 0.134. The molecule has 0 aliphatic rings. The molecule has 2 rings (SSSR count). The fourth-order valence-corrected chi connectivity index (χ4v) is 2.29. The Labute approximate surface area is 102 Å². The molecule has 0 atom stereocenters. The lowest BCUT2D eigenvalue weighted by atomic mass is 10.3. The number of amides is 1. The monoisotopic (exact) mass is 252 g/mol. The molecule has 5 nitrogen and oxygen atoms in total. The molecule has 17 heavy (non-hydrogen) atoms. The van der Waals surface area contributed by atoms with Gasteiger partial charge in [-0.05, 0) is 19.1 Å². The minimum Gasteiger partial charge on any atom is -0.467 e. The molecule has 90 valence electrons. The summed E-state index contributed by atoms with van der Waals surface area (Å²) >= 11 is 0.951. The van der Waals surface area contributed by atoms with Gasteiger partial charge in [0.2, 0.25) is 0 Å². The van der Waals surface area contributed by atoms with Gasteiger partial charge in [-0.25, -0.2) is 0 Å². The highest BCUT2D eigenvalue weighted by Crippen LogP contribution is 2.10. The summed E-state index contributed by atoms with van der Waals surface area (Å²) in [6, 6.07) is 3.54. The smallest absolute Gasteiger partial charge is 0.307 e. The van der Waals surface area contributed by atoms with E-state index in [1.54, 1.807) is 32.4 Å². The quantitative estimate of drug-likeness (QED) is 0.895. The first-order chi connectivity index (χ1) is 8.09. The standard InChI is InChI=1S/C11H12N2O3S/c1-7-9(17-11(15)13(7)2)10(14)12-6-8-4-3-5-16-8/h3-5H,6H2,1-2H3,(H,12,14). The number of hydrogen-bond acceptors (Lipinski definition) is 4. The fourth-order valence-electron chi connectivity index (χ4n) is 1.39. The highest BCUT2D eigenvalue weighted by atomic mass is 32.1. The molecule has 0 saturated heterocycles. The molecule has 2 aromatic rings. The third-order valence-corrected chi connectivity index (χ3v) is 3.64. The van der Waals surface area contributed by atoms with Gasteiger partial charge in [0.15, 0.2) is 0 Å². The van der Waals surface area contributed by atoms with Crippen molar-refractivity contribution in [3.05, 3.63) is 44.4 Å². The van der Waals surface area contributed by atoms with Gasteiger partial charge in [-0.3, -0.25) is 9.59 Å². The molecule has 6 heteroatoms. The van der Waals surface area contributed by atoms with Gasteiger partial charge in [0.1, 0.15) is 10.6 Å². The van der Waals surface area contributed by atoms with E-state index in [0.717, 1.165) is 11.3 Å². The van der Waals surface area contributed by atoms with Gasteiger partial charge in [0, 0.05) is 12.7 Å². The molecule has 0 fully saturated rings. The van der Waals surface area contributed by atoms with Crippen LogP contribution in [-0.2, 0) is 13.6 Å². The SMILES string of the molecule is Cc1c(C(=O)NCc2ccco2)sc(=O)n1C. The van der Waals surface area contributed by atoms with Gasteiger partial charge in [-0.15, -0.1) is 0 Å². The molecule has 1 amide bonds. The molecular formula is C11H12N2O3S. The molecule has 2 aromatic heterocycles. The summed E-state index contributed by atoms with van der Waals surface area (Å²) in [6.07, 6.45) is 1.55. The molecule has 0 spiro atoms. The number of furan rings is 1. The van der Waals surface area contributed by atoms with Crippen molar-refractivity contribution in [1.29, 1.82) is 0 Å². The van der Waals surface area contributed by atoms with Crippen molar-refractivity contribution < 1.29 is 9.21 Å². The van der Waals surface area contributed by atoms with Crippen molar-refractivity contribution in [2.75, 3.05) is 0 Å². The topological polar surface area (TPSA) is 64.2 Å². The second-order valence-electron chi connectivity index (χ2n) is 3.60. The molecule has 0 aliphatic heterocycles. The van der Waals surface area contributed by atoms with E-state index in [-0.39, 0.29) is 10.8 Å². The molecule has 2 heterocycles. The van der Waals surface area contributed by atoms with E-state index < -0.39 is 0 Å². The average molecular weight is 252 g/mol. The van der Waals surface area contributed by atoms with Crippen LogP contribution in [0.3, 0.4) is 0 Å². The number of nitrogens with zero attached hydrogens (tertiary/aromatic N) is 1. The summed E-state index contributed by atoms with van der Waals surface area (Å²) in [5.74, 6) is 0.431. The van der Waals surface area contributed by atoms with E-state index in [1.807, 2.05) is 0 Å². The Morgan fingerprint density at radius 1 is 1.59 bits per heavy atom. The maximum absolute atomic E-state index is 11.8.